The summed E-state index contributed by atoms with van der Waals surface area (Å²) in [5, 5.41) is 15.0. The van der Waals surface area contributed by atoms with Gasteiger partial charge in [-0.15, -0.1) is 0 Å². The number of carbonyl (C=O) groups excluding carboxylic acids is 2. The van der Waals surface area contributed by atoms with Gasteiger partial charge in [0.15, 0.2) is 19.0 Å². The minimum atomic E-state index is -0.862. The maximum absolute atomic E-state index is 13.3. The Morgan fingerprint density at radius 2 is 1.77 bits per heavy atom. The van der Waals surface area contributed by atoms with Gasteiger partial charge in [-0.1, -0.05) is 11.6 Å². The molecule has 31 heavy (non-hydrogen) atoms. The minimum absolute atomic E-state index is 0.00185. The summed E-state index contributed by atoms with van der Waals surface area (Å²) in [7, 11) is 0. The number of ether oxygens (including phenoxy) is 2. The molecule has 1 aromatic heterocycles. The lowest BCUT2D eigenvalue weighted by Gasteiger charge is -2.14. The number of hydrogen-bond donors (Lipinski definition) is 3. The van der Waals surface area contributed by atoms with Gasteiger partial charge < -0.3 is 25.2 Å². The van der Waals surface area contributed by atoms with Crippen molar-refractivity contribution in [2.24, 2.45) is 0 Å². The fourth-order valence-electron chi connectivity index (χ4n) is 2.46. The number of halogens is 2. The highest BCUT2D eigenvalue weighted by Crippen LogP contribution is 2.20. The molecule has 2 amide bonds. The van der Waals surface area contributed by atoms with Crippen LogP contribution in [0.25, 0.3) is 0 Å². The Labute approximate surface area is 183 Å². The number of benzene rings is 1. The minimum Gasteiger partial charge on any atom is -0.484 e. The first-order chi connectivity index (χ1) is 14.8. The van der Waals surface area contributed by atoms with Crippen LogP contribution in [0.2, 0.25) is 5.02 Å². The molecule has 0 bridgehead atoms. The molecule has 1 heterocycles. The Bertz CT molecular complexity index is 895. The van der Waals surface area contributed by atoms with Gasteiger partial charge in [0.25, 0.3) is 11.8 Å². The van der Waals surface area contributed by atoms with Crippen molar-refractivity contribution >= 4 is 23.4 Å². The molecular weight excluding hydrogens is 431 g/mol. The number of aliphatic hydroxyl groups excluding tert-OH is 1. The van der Waals surface area contributed by atoms with E-state index in [4.69, 9.17) is 21.1 Å². The van der Waals surface area contributed by atoms with Crippen LogP contribution in [-0.4, -0.2) is 59.3 Å². The third kappa shape index (κ3) is 8.35. The molecule has 0 aliphatic heterocycles. The van der Waals surface area contributed by atoms with Gasteiger partial charge in [-0.2, -0.15) is 0 Å². The fourth-order valence-corrected chi connectivity index (χ4v) is 2.57. The van der Waals surface area contributed by atoms with Gasteiger partial charge in [-0.3, -0.25) is 9.59 Å². The van der Waals surface area contributed by atoms with E-state index in [1.54, 1.807) is 13.8 Å². The Kier molecular flexibility index (Phi) is 9.41. The van der Waals surface area contributed by atoms with Crippen molar-refractivity contribution in [2.75, 3.05) is 26.3 Å². The van der Waals surface area contributed by atoms with Crippen LogP contribution in [0, 0.1) is 19.7 Å². The molecule has 0 saturated carbocycles. The zero-order chi connectivity index (χ0) is 22.8. The van der Waals surface area contributed by atoms with Crippen LogP contribution in [0.5, 0.6) is 11.5 Å². The summed E-state index contributed by atoms with van der Waals surface area (Å²) in [4.78, 5) is 31.6. The lowest BCUT2D eigenvalue weighted by molar-refractivity contribution is -0.124. The fraction of sp³-hybridized carbons (Fsp3) is 0.400. The highest BCUT2D eigenvalue weighted by Gasteiger charge is 2.12. The molecule has 0 saturated heterocycles. The van der Waals surface area contributed by atoms with Crippen LogP contribution in [0.4, 0.5) is 4.39 Å². The van der Waals surface area contributed by atoms with Crippen LogP contribution in [0.1, 0.15) is 17.8 Å². The summed E-state index contributed by atoms with van der Waals surface area (Å²) in [6, 6.07) is 3.86. The Morgan fingerprint density at radius 3 is 2.45 bits per heavy atom. The summed E-state index contributed by atoms with van der Waals surface area (Å²) in [6.45, 7) is 3.12. The van der Waals surface area contributed by atoms with E-state index in [-0.39, 0.29) is 43.5 Å². The maximum Gasteiger partial charge on any atom is 0.258 e. The van der Waals surface area contributed by atoms with E-state index in [0.717, 1.165) is 6.07 Å². The quantitative estimate of drug-likeness (QED) is 0.468. The van der Waals surface area contributed by atoms with Crippen molar-refractivity contribution in [2.45, 2.75) is 26.4 Å². The smallest absolute Gasteiger partial charge is 0.258 e. The first kappa shape index (κ1) is 24.3. The number of nitrogens with zero attached hydrogens (tertiary/aromatic N) is 2. The number of rotatable bonds is 11. The average molecular weight is 455 g/mol. The normalized spacial score (nSPS) is 11.5. The van der Waals surface area contributed by atoms with Crippen molar-refractivity contribution < 1.29 is 28.6 Å². The molecule has 0 aliphatic rings. The number of aryl methyl sites for hydroxylation is 2. The standard InChI is InChI=1S/C20H24ClFN4O5/c1-12-20(13(2)26-11-25-12)31-10-19(29)24-8-14(27)5-6-23-18(28)9-30-15-3-4-16(21)17(22)7-15/h3-4,7,11,14,27H,5-6,8-10H2,1-2H3,(H,23,28)(H,24,29)/t14-/m0/s1. The molecule has 1 atom stereocenters. The van der Waals surface area contributed by atoms with E-state index in [0.29, 0.717) is 17.1 Å². The van der Waals surface area contributed by atoms with E-state index in [2.05, 4.69) is 20.6 Å². The van der Waals surface area contributed by atoms with Crippen molar-refractivity contribution in [3.05, 3.63) is 46.8 Å². The van der Waals surface area contributed by atoms with Gasteiger partial charge in [0.05, 0.1) is 22.5 Å². The van der Waals surface area contributed by atoms with Gasteiger partial charge in [0.2, 0.25) is 0 Å². The summed E-state index contributed by atoms with van der Waals surface area (Å²) in [5.41, 5.74) is 1.25. The number of aliphatic hydroxyl groups is 1. The van der Waals surface area contributed by atoms with Gasteiger partial charge in [-0.25, -0.2) is 14.4 Å². The Balaban J connectivity index is 1.59. The average Bonchev–Trinajstić information content (AvgIpc) is 2.72. The van der Waals surface area contributed by atoms with Gasteiger partial charge in [0.1, 0.15) is 17.9 Å². The first-order valence-electron chi connectivity index (χ1n) is 9.46. The lowest BCUT2D eigenvalue weighted by atomic mass is 10.2. The van der Waals surface area contributed by atoms with Gasteiger partial charge in [-0.05, 0) is 32.4 Å². The lowest BCUT2D eigenvalue weighted by Crippen LogP contribution is -2.37. The summed E-state index contributed by atoms with van der Waals surface area (Å²) >= 11 is 5.57. The molecule has 2 aromatic rings. The van der Waals surface area contributed by atoms with Crippen LogP contribution < -0.4 is 20.1 Å². The number of hydrogen-bond acceptors (Lipinski definition) is 7. The van der Waals surface area contributed by atoms with Crippen LogP contribution in [0.3, 0.4) is 0 Å². The largest absolute Gasteiger partial charge is 0.484 e. The second-order valence-electron chi connectivity index (χ2n) is 6.62. The highest BCUT2D eigenvalue weighted by atomic mass is 35.5. The highest BCUT2D eigenvalue weighted by molar-refractivity contribution is 6.30. The van der Waals surface area contributed by atoms with E-state index in [1.165, 1.54) is 18.5 Å². The summed E-state index contributed by atoms with van der Waals surface area (Å²) in [5.74, 6) is -0.860. The molecule has 0 radical (unpaired) electrons. The molecular formula is C20H24ClFN4O5. The zero-order valence-electron chi connectivity index (χ0n) is 17.2. The van der Waals surface area contributed by atoms with Crippen LogP contribution in [0.15, 0.2) is 24.5 Å². The molecule has 168 valence electrons. The number of aromatic nitrogens is 2. The zero-order valence-corrected chi connectivity index (χ0v) is 17.9. The topological polar surface area (TPSA) is 123 Å². The third-order valence-electron chi connectivity index (χ3n) is 4.10. The van der Waals surface area contributed by atoms with E-state index in [9.17, 15) is 19.1 Å². The van der Waals surface area contributed by atoms with E-state index >= 15 is 0 Å². The molecule has 0 fully saturated rings. The maximum atomic E-state index is 13.3. The monoisotopic (exact) mass is 454 g/mol. The van der Waals surface area contributed by atoms with E-state index < -0.39 is 23.7 Å². The third-order valence-corrected chi connectivity index (χ3v) is 4.41. The first-order valence-corrected chi connectivity index (χ1v) is 9.84. The van der Waals surface area contributed by atoms with Crippen molar-refractivity contribution in [3.8, 4) is 11.5 Å². The predicted octanol–water partition coefficient (Wildman–Crippen LogP) is 1.33. The van der Waals surface area contributed by atoms with Gasteiger partial charge in [0, 0.05) is 19.2 Å². The molecule has 9 nitrogen and oxygen atoms in total. The summed E-state index contributed by atoms with van der Waals surface area (Å²) in [6.07, 6.45) is 0.767. The molecule has 2 rings (SSSR count). The SMILES string of the molecule is Cc1ncnc(C)c1OCC(=O)NC[C@@H](O)CCNC(=O)COc1ccc(Cl)c(F)c1. The molecule has 1 aromatic carbocycles. The second-order valence-corrected chi connectivity index (χ2v) is 7.03. The van der Waals surface area contributed by atoms with Crippen LogP contribution >= 0.6 is 11.6 Å². The predicted molar refractivity (Wildman–Crippen MR) is 111 cm³/mol. The van der Waals surface area contributed by atoms with Crippen molar-refractivity contribution in [3.63, 3.8) is 0 Å². The second kappa shape index (κ2) is 12.0. The van der Waals surface area contributed by atoms with E-state index in [1.807, 2.05) is 0 Å². The molecule has 11 heteroatoms. The molecule has 0 aliphatic carbocycles. The van der Waals surface area contributed by atoms with Gasteiger partial charge >= 0.3 is 0 Å². The summed E-state index contributed by atoms with van der Waals surface area (Å²) < 4.78 is 23.9. The molecule has 3 N–H and O–H groups in total. The molecule has 0 unspecified atom stereocenters. The molecule has 0 spiro atoms. The Morgan fingerprint density at radius 1 is 1.13 bits per heavy atom. The number of amides is 2. The van der Waals surface area contributed by atoms with Crippen molar-refractivity contribution in [1.82, 2.24) is 20.6 Å². The van der Waals surface area contributed by atoms with Crippen LogP contribution in [-0.2, 0) is 9.59 Å². The Hall–Kier alpha value is -2.98. The number of nitrogens with one attached hydrogen (secondary N) is 2. The van der Waals surface area contributed by atoms with Crippen molar-refractivity contribution in [1.29, 1.82) is 0 Å². The number of carbonyl (C=O) groups is 2.